The number of anilines is 1. The number of aryl methyl sites for hydroxylation is 1. The van der Waals surface area contributed by atoms with Crippen molar-refractivity contribution in [3.8, 4) is 17.0 Å². The Balaban J connectivity index is 1.38. The lowest BCUT2D eigenvalue weighted by atomic mass is 9.92. The third-order valence-corrected chi connectivity index (χ3v) is 6.97. The monoisotopic (exact) mass is 487 g/mol. The molecule has 4 aromatic rings. The summed E-state index contributed by atoms with van der Waals surface area (Å²) in [6, 6.07) is 8.03. The molecule has 0 bridgehead atoms. The van der Waals surface area contributed by atoms with Gasteiger partial charge in [-0.1, -0.05) is 6.07 Å². The lowest BCUT2D eigenvalue weighted by molar-refractivity contribution is 0.0960. The van der Waals surface area contributed by atoms with Gasteiger partial charge < -0.3 is 15.4 Å². The summed E-state index contributed by atoms with van der Waals surface area (Å²) in [5, 5.41) is 16.5. The van der Waals surface area contributed by atoms with E-state index in [2.05, 4.69) is 38.4 Å². The maximum absolute atomic E-state index is 12.2. The first-order valence-electron chi connectivity index (χ1n) is 12.6. The molecule has 9 nitrogen and oxygen atoms in total. The van der Waals surface area contributed by atoms with Crippen LogP contribution in [0.4, 0.5) is 5.82 Å². The molecule has 0 unspecified atom stereocenters. The van der Waals surface area contributed by atoms with E-state index in [0.29, 0.717) is 5.56 Å². The SMILES string of the molecule is CCNc1cc2c(cn1)c(-c1cnn(C)c1)nn2C1CCC(Oc2cccc(C(=O)NC)c2C)CC1. The maximum atomic E-state index is 12.2. The first-order valence-corrected chi connectivity index (χ1v) is 12.6. The topological polar surface area (TPSA) is 98.9 Å². The summed E-state index contributed by atoms with van der Waals surface area (Å²) in [6.45, 7) is 4.82. The van der Waals surface area contributed by atoms with Gasteiger partial charge in [0.25, 0.3) is 5.91 Å². The summed E-state index contributed by atoms with van der Waals surface area (Å²) in [5.41, 5.74) is 4.51. The minimum Gasteiger partial charge on any atom is -0.490 e. The fourth-order valence-electron chi connectivity index (χ4n) is 5.06. The zero-order valence-electron chi connectivity index (χ0n) is 21.3. The van der Waals surface area contributed by atoms with Gasteiger partial charge in [0, 0.05) is 61.2 Å². The Bertz CT molecular complexity index is 1380. The quantitative estimate of drug-likeness (QED) is 0.398. The van der Waals surface area contributed by atoms with Gasteiger partial charge in [0.15, 0.2) is 0 Å². The van der Waals surface area contributed by atoms with Gasteiger partial charge in [-0.2, -0.15) is 10.2 Å². The van der Waals surface area contributed by atoms with Crippen LogP contribution in [0.15, 0.2) is 42.9 Å². The highest BCUT2D eigenvalue weighted by atomic mass is 16.5. The third-order valence-electron chi connectivity index (χ3n) is 6.97. The molecule has 1 aromatic carbocycles. The number of ether oxygens (including phenoxy) is 1. The molecule has 1 fully saturated rings. The van der Waals surface area contributed by atoms with Crippen LogP contribution in [0.3, 0.4) is 0 Å². The lowest BCUT2D eigenvalue weighted by Gasteiger charge is -2.30. The van der Waals surface area contributed by atoms with E-state index in [1.807, 2.05) is 50.8 Å². The zero-order chi connectivity index (χ0) is 25.2. The second kappa shape index (κ2) is 10.0. The van der Waals surface area contributed by atoms with Gasteiger partial charge in [-0.25, -0.2) is 4.98 Å². The number of pyridine rings is 1. The van der Waals surface area contributed by atoms with E-state index in [1.165, 1.54) is 0 Å². The summed E-state index contributed by atoms with van der Waals surface area (Å²) in [5.74, 6) is 1.54. The number of carbonyl (C=O) groups is 1. The van der Waals surface area contributed by atoms with Crippen LogP contribution in [0.5, 0.6) is 5.75 Å². The van der Waals surface area contributed by atoms with Crippen molar-refractivity contribution in [1.29, 1.82) is 0 Å². The molecular weight excluding hydrogens is 454 g/mol. The average molecular weight is 488 g/mol. The molecule has 1 amide bonds. The van der Waals surface area contributed by atoms with Gasteiger partial charge in [-0.05, 0) is 51.7 Å². The van der Waals surface area contributed by atoms with Crippen LogP contribution >= 0.6 is 0 Å². The fourth-order valence-corrected chi connectivity index (χ4v) is 5.06. The van der Waals surface area contributed by atoms with Crippen molar-refractivity contribution in [2.45, 2.75) is 51.7 Å². The second-order valence-corrected chi connectivity index (χ2v) is 9.37. The molecule has 36 heavy (non-hydrogen) atoms. The number of nitrogens with zero attached hydrogens (tertiary/aromatic N) is 5. The Labute approximate surface area is 210 Å². The van der Waals surface area contributed by atoms with E-state index in [-0.39, 0.29) is 18.1 Å². The number of hydrogen-bond donors (Lipinski definition) is 2. The summed E-state index contributed by atoms with van der Waals surface area (Å²) < 4.78 is 10.4. The van der Waals surface area contributed by atoms with Crippen LogP contribution < -0.4 is 15.4 Å². The minimum absolute atomic E-state index is 0.0944. The predicted molar refractivity (Wildman–Crippen MR) is 140 cm³/mol. The molecule has 5 rings (SSSR count). The molecular formula is C27H33N7O2. The summed E-state index contributed by atoms with van der Waals surface area (Å²) >= 11 is 0. The van der Waals surface area contributed by atoms with Crippen molar-refractivity contribution in [2.24, 2.45) is 7.05 Å². The van der Waals surface area contributed by atoms with E-state index < -0.39 is 0 Å². The van der Waals surface area contributed by atoms with Crippen LogP contribution in [-0.4, -0.2) is 50.1 Å². The molecule has 1 saturated carbocycles. The van der Waals surface area contributed by atoms with Crippen molar-refractivity contribution in [3.05, 3.63) is 54.0 Å². The van der Waals surface area contributed by atoms with Crippen LogP contribution in [0.1, 0.15) is 54.6 Å². The van der Waals surface area contributed by atoms with E-state index in [4.69, 9.17) is 9.84 Å². The van der Waals surface area contributed by atoms with Crippen molar-refractivity contribution < 1.29 is 9.53 Å². The molecule has 2 N–H and O–H groups in total. The number of aromatic nitrogens is 5. The van der Waals surface area contributed by atoms with E-state index in [1.54, 1.807) is 11.7 Å². The van der Waals surface area contributed by atoms with Gasteiger partial charge in [-0.3, -0.25) is 14.2 Å². The molecule has 0 saturated heterocycles. The molecule has 9 heteroatoms. The number of fused-ring (bicyclic) bond motifs is 1. The summed E-state index contributed by atoms with van der Waals surface area (Å²) in [4.78, 5) is 16.8. The van der Waals surface area contributed by atoms with Gasteiger partial charge in [-0.15, -0.1) is 0 Å². The highest BCUT2D eigenvalue weighted by molar-refractivity contribution is 5.96. The van der Waals surface area contributed by atoms with E-state index in [9.17, 15) is 4.79 Å². The van der Waals surface area contributed by atoms with Crippen LogP contribution in [0.25, 0.3) is 22.2 Å². The third kappa shape index (κ3) is 4.53. The Hall–Kier alpha value is -3.88. The smallest absolute Gasteiger partial charge is 0.251 e. The number of carbonyl (C=O) groups excluding carboxylic acids is 1. The second-order valence-electron chi connectivity index (χ2n) is 9.37. The molecule has 1 aliphatic rings. The number of hydrogen-bond acceptors (Lipinski definition) is 6. The molecule has 1 aliphatic carbocycles. The largest absolute Gasteiger partial charge is 0.490 e. The van der Waals surface area contributed by atoms with E-state index >= 15 is 0 Å². The van der Waals surface area contributed by atoms with Gasteiger partial charge in [0.05, 0.1) is 23.9 Å². The number of amides is 1. The standard InChI is InChI=1S/C27H33N7O2/c1-5-29-25-13-23-22(15-30-25)26(18-14-31-33(4)16-18)32-34(23)19-9-11-20(12-10-19)36-24-8-6-7-21(17(24)2)27(35)28-3/h6-8,13-16,19-20H,5,9-12H2,1-4H3,(H,28,35)(H,29,30). The van der Waals surface area contributed by atoms with Crippen LogP contribution in [0, 0.1) is 6.92 Å². The number of rotatable bonds is 7. The Morgan fingerprint density at radius 2 is 2.00 bits per heavy atom. The van der Waals surface area contributed by atoms with Crippen LogP contribution in [-0.2, 0) is 7.05 Å². The first kappa shape index (κ1) is 23.8. The maximum Gasteiger partial charge on any atom is 0.251 e. The van der Waals surface area contributed by atoms with Crippen molar-refractivity contribution in [1.82, 2.24) is 29.9 Å². The molecule has 0 spiro atoms. The van der Waals surface area contributed by atoms with Gasteiger partial charge >= 0.3 is 0 Å². The highest BCUT2D eigenvalue weighted by Gasteiger charge is 2.27. The van der Waals surface area contributed by atoms with Crippen molar-refractivity contribution in [2.75, 3.05) is 18.9 Å². The van der Waals surface area contributed by atoms with Crippen LogP contribution in [0.2, 0.25) is 0 Å². The van der Waals surface area contributed by atoms with Gasteiger partial charge in [0.2, 0.25) is 0 Å². The van der Waals surface area contributed by atoms with Crippen molar-refractivity contribution >= 4 is 22.6 Å². The minimum atomic E-state index is -0.0944. The molecule has 3 heterocycles. The summed E-state index contributed by atoms with van der Waals surface area (Å²) in [6.07, 6.45) is 9.62. The lowest BCUT2D eigenvalue weighted by Crippen LogP contribution is -2.27. The van der Waals surface area contributed by atoms with Crippen molar-refractivity contribution in [3.63, 3.8) is 0 Å². The molecule has 0 radical (unpaired) electrons. The molecule has 0 aliphatic heterocycles. The first-order chi connectivity index (χ1) is 17.5. The Morgan fingerprint density at radius 3 is 2.69 bits per heavy atom. The molecule has 0 atom stereocenters. The fraction of sp³-hybridized carbons (Fsp3) is 0.407. The highest BCUT2D eigenvalue weighted by Crippen LogP contribution is 2.37. The predicted octanol–water partition coefficient (Wildman–Crippen LogP) is 4.49. The number of benzene rings is 1. The number of nitrogens with one attached hydrogen (secondary N) is 2. The zero-order valence-corrected chi connectivity index (χ0v) is 21.3. The Kier molecular flexibility index (Phi) is 6.63. The van der Waals surface area contributed by atoms with E-state index in [0.717, 1.165) is 71.5 Å². The molecule has 188 valence electrons. The molecule has 3 aromatic heterocycles. The average Bonchev–Trinajstić information content (AvgIpc) is 3.49. The normalized spacial score (nSPS) is 17.8. The Morgan fingerprint density at radius 1 is 1.19 bits per heavy atom. The van der Waals surface area contributed by atoms with Gasteiger partial charge in [0.1, 0.15) is 17.3 Å². The summed E-state index contributed by atoms with van der Waals surface area (Å²) in [7, 11) is 3.56.